The van der Waals surface area contributed by atoms with Gasteiger partial charge in [0.25, 0.3) is 0 Å². The number of carbonyl (C=O) groups is 1. The summed E-state index contributed by atoms with van der Waals surface area (Å²) in [6.07, 6.45) is 1.39. The number of carbonyl (C=O) groups excluding carboxylic acids is 1. The topological polar surface area (TPSA) is 67.8 Å². The van der Waals surface area contributed by atoms with Crippen LogP contribution in [0.4, 0.5) is 4.79 Å². The van der Waals surface area contributed by atoms with Gasteiger partial charge >= 0.3 is 6.09 Å². The molecule has 5 nitrogen and oxygen atoms in total. The minimum atomic E-state index is -0.522. The summed E-state index contributed by atoms with van der Waals surface area (Å²) in [6.45, 7) is 6.12. The molecule has 0 aromatic carbocycles. The molecule has 18 heavy (non-hydrogen) atoms. The molecule has 1 rings (SSSR count). The standard InChI is InChI=1S/C13H25NO4/c1-13(2,3)18-12(16)14-10-6-5-9(8-17-4)7-11(10)15/h9-11,15H,5-8H2,1-4H3,(H,14,16). The van der Waals surface area contributed by atoms with Crippen LogP contribution in [0, 0.1) is 5.92 Å². The highest BCUT2D eigenvalue weighted by Crippen LogP contribution is 2.25. The minimum absolute atomic E-state index is 0.215. The zero-order chi connectivity index (χ0) is 13.8. The molecule has 106 valence electrons. The predicted octanol–water partition coefficient (Wildman–Crippen LogP) is 1.69. The number of aliphatic hydroxyl groups is 1. The van der Waals surface area contributed by atoms with Crippen LogP contribution in [0.5, 0.6) is 0 Å². The second-order valence-electron chi connectivity index (χ2n) is 5.95. The lowest BCUT2D eigenvalue weighted by molar-refractivity contribution is 0.0190. The lowest BCUT2D eigenvalue weighted by atomic mass is 9.84. The average Bonchev–Trinajstić information content (AvgIpc) is 2.20. The third kappa shape index (κ3) is 5.23. The van der Waals surface area contributed by atoms with Crippen molar-refractivity contribution in [3.8, 4) is 0 Å². The van der Waals surface area contributed by atoms with Crippen molar-refractivity contribution >= 4 is 6.09 Å². The smallest absolute Gasteiger partial charge is 0.407 e. The van der Waals surface area contributed by atoms with Gasteiger partial charge in [-0.2, -0.15) is 0 Å². The Morgan fingerprint density at radius 3 is 2.56 bits per heavy atom. The fraction of sp³-hybridized carbons (Fsp3) is 0.923. The Morgan fingerprint density at radius 2 is 2.06 bits per heavy atom. The third-order valence-corrected chi connectivity index (χ3v) is 3.03. The summed E-state index contributed by atoms with van der Waals surface area (Å²) in [5.41, 5.74) is -0.512. The van der Waals surface area contributed by atoms with Crippen molar-refractivity contribution < 1.29 is 19.4 Å². The number of rotatable bonds is 3. The molecule has 1 amide bonds. The van der Waals surface area contributed by atoms with Crippen molar-refractivity contribution in [2.24, 2.45) is 5.92 Å². The van der Waals surface area contributed by atoms with E-state index in [4.69, 9.17) is 9.47 Å². The highest BCUT2D eigenvalue weighted by atomic mass is 16.6. The zero-order valence-corrected chi connectivity index (χ0v) is 11.7. The van der Waals surface area contributed by atoms with E-state index in [1.165, 1.54) is 0 Å². The molecule has 1 aliphatic rings. The number of hydrogen-bond acceptors (Lipinski definition) is 4. The molecule has 1 fully saturated rings. The van der Waals surface area contributed by atoms with Crippen LogP contribution in [0.3, 0.4) is 0 Å². The summed E-state index contributed by atoms with van der Waals surface area (Å²) >= 11 is 0. The van der Waals surface area contributed by atoms with Crippen molar-refractivity contribution in [1.82, 2.24) is 5.32 Å². The summed E-state index contributed by atoms with van der Waals surface area (Å²) < 4.78 is 10.3. The second kappa shape index (κ2) is 6.38. The molecule has 0 radical (unpaired) electrons. The SMILES string of the molecule is COCC1CCC(NC(=O)OC(C)(C)C)C(O)C1. The van der Waals surface area contributed by atoms with Gasteiger partial charge in [0.2, 0.25) is 0 Å². The first-order chi connectivity index (χ1) is 8.31. The van der Waals surface area contributed by atoms with E-state index in [-0.39, 0.29) is 6.04 Å². The molecule has 3 atom stereocenters. The molecule has 1 aliphatic carbocycles. The van der Waals surface area contributed by atoms with E-state index in [0.717, 1.165) is 12.8 Å². The summed E-state index contributed by atoms with van der Waals surface area (Å²) in [6, 6.07) is -0.215. The first-order valence-corrected chi connectivity index (χ1v) is 6.48. The Hall–Kier alpha value is -0.810. The van der Waals surface area contributed by atoms with Crippen LogP contribution in [0.2, 0.25) is 0 Å². The number of nitrogens with one attached hydrogen (secondary N) is 1. The molecular formula is C13H25NO4. The van der Waals surface area contributed by atoms with Crippen LogP contribution in [0.25, 0.3) is 0 Å². The molecule has 0 spiro atoms. The fourth-order valence-electron chi connectivity index (χ4n) is 2.25. The Bertz CT molecular complexity index is 275. The molecule has 1 saturated carbocycles. The maximum atomic E-state index is 11.6. The number of methoxy groups -OCH3 is 1. The molecule has 0 saturated heterocycles. The van der Waals surface area contributed by atoms with Crippen LogP contribution in [-0.2, 0) is 9.47 Å². The first-order valence-electron chi connectivity index (χ1n) is 6.48. The van der Waals surface area contributed by atoms with E-state index in [1.807, 2.05) is 20.8 Å². The lowest BCUT2D eigenvalue weighted by Gasteiger charge is -2.33. The van der Waals surface area contributed by atoms with E-state index in [9.17, 15) is 9.90 Å². The quantitative estimate of drug-likeness (QED) is 0.809. The van der Waals surface area contributed by atoms with Crippen molar-refractivity contribution in [3.05, 3.63) is 0 Å². The van der Waals surface area contributed by atoms with E-state index >= 15 is 0 Å². The predicted molar refractivity (Wildman–Crippen MR) is 68.4 cm³/mol. The molecule has 0 heterocycles. The highest BCUT2D eigenvalue weighted by Gasteiger charge is 2.31. The molecule has 0 aliphatic heterocycles. The van der Waals surface area contributed by atoms with Gasteiger partial charge in [-0.05, 0) is 46.0 Å². The number of hydrogen-bond donors (Lipinski definition) is 2. The second-order valence-corrected chi connectivity index (χ2v) is 5.95. The van der Waals surface area contributed by atoms with Gasteiger partial charge in [0, 0.05) is 13.7 Å². The van der Waals surface area contributed by atoms with Gasteiger partial charge in [0.15, 0.2) is 0 Å². The van der Waals surface area contributed by atoms with Gasteiger partial charge in [-0.25, -0.2) is 4.79 Å². The van der Waals surface area contributed by atoms with Crippen molar-refractivity contribution in [3.63, 3.8) is 0 Å². The molecule has 0 aromatic heterocycles. The van der Waals surface area contributed by atoms with Crippen LogP contribution in [0.1, 0.15) is 40.0 Å². The van der Waals surface area contributed by atoms with E-state index < -0.39 is 17.8 Å². The average molecular weight is 259 g/mol. The van der Waals surface area contributed by atoms with Gasteiger partial charge in [-0.15, -0.1) is 0 Å². The van der Waals surface area contributed by atoms with Crippen LogP contribution in [0.15, 0.2) is 0 Å². The van der Waals surface area contributed by atoms with Gasteiger partial charge in [0.1, 0.15) is 5.60 Å². The molecular weight excluding hydrogens is 234 g/mol. The van der Waals surface area contributed by atoms with Gasteiger partial charge in [-0.3, -0.25) is 0 Å². The van der Waals surface area contributed by atoms with Gasteiger partial charge in [-0.1, -0.05) is 0 Å². The number of alkyl carbamates (subject to hydrolysis) is 1. The van der Waals surface area contributed by atoms with E-state index in [0.29, 0.717) is 18.9 Å². The lowest BCUT2D eigenvalue weighted by Crippen LogP contribution is -2.48. The molecule has 2 N–H and O–H groups in total. The van der Waals surface area contributed by atoms with Gasteiger partial charge < -0.3 is 19.9 Å². The fourth-order valence-corrected chi connectivity index (χ4v) is 2.25. The van der Waals surface area contributed by atoms with Crippen LogP contribution >= 0.6 is 0 Å². The Kier molecular flexibility index (Phi) is 5.41. The zero-order valence-electron chi connectivity index (χ0n) is 11.7. The Labute approximate surface area is 109 Å². The van der Waals surface area contributed by atoms with Gasteiger partial charge in [0.05, 0.1) is 12.1 Å². The first kappa shape index (κ1) is 15.2. The number of amides is 1. The van der Waals surface area contributed by atoms with Crippen LogP contribution < -0.4 is 5.32 Å². The highest BCUT2D eigenvalue weighted by molar-refractivity contribution is 5.68. The Morgan fingerprint density at radius 1 is 1.39 bits per heavy atom. The third-order valence-electron chi connectivity index (χ3n) is 3.03. The normalized spacial score (nSPS) is 28.8. The summed E-state index contributed by atoms with van der Waals surface area (Å²) in [7, 11) is 1.66. The van der Waals surface area contributed by atoms with E-state index in [2.05, 4.69) is 5.32 Å². The van der Waals surface area contributed by atoms with Crippen LogP contribution in [-0.4, -0.2) is 42.7 Å². The maximum Gasteiger partial charge on any atom is 0.407 e. The van der Waals surface area contributed by atoms with Crippen molar-refractivity contribution in [2.75, 3.05) is 13.7 Å². The summed E-state index contributed by atoms with van der Waals surface area (Å²) in [5, 5.41) is 12.7. The molecule has 0 bridgehead atoms. The summed E-state index contributed by atoms with van der Waals surface area (Å²) in [4.78, 5) is 11.6. The summed E-state index contributed by atoms with van der Waals surface area (Å²) in [5.74, 6) is 0.377. The minimum Gasteiger partial charge on any atom is -0.444 e. The molecule has 5 heteroatoms. The maximum absolute atomic E-state index is 11.6. The van der Waals surface area contributed by atoms with Crippen molar-refractivity contribution in [1.29, 1.82) is 0 Å². The number of ether oxygens (including phenoxy) is 2. The number of aliphatic hydroxyl groups excluding tert-OH is 1. The Balaban J connectivity index is 2.38. The monoisotopic (exact) mass is 259 g/mol. The van der Waals surface area contributed by atoms with E-state index in [1.54, 1.807) is 7.11 Å². The molecule has 0 aromatic rings. The largest absolute Gasteiger partial charge is 0.444 e. The molecule has 3 unspecified atom stereocenters. The van der Waals surface area contributed by atoms with Crippen molar-refractivity contribution in [2.45, 2.75) is 57.8 Å².